The topological polar surface area (TPSA) is 88.6 Å². The van der Waals surface area contributed by atoms with Crippen LogP contribution in [0.3, 0.4) is 0 Å². The van der Waals surface area contributed by atoms with Gasteiger partial charge >= 0.3 is 5.97 Å². The summed E-state index contributed by atoms with van der Waals surface area (Å²) in [6, 6.07) is 4.73. The number of methoxy groups -OCH3 is 2. The van der Waals surface area contributed by atoms with E-state index in [4.69, 9.17) is 4.74 Å². The minimum Gasteiger partial charge on any atom is -0.505 e. The molecule has 0 unspecified atom stereocenters. The van der Waals surface area contributed by atoms with Crippen molar-refractivity contribution < 1.29 is 19.4 Å². The van der Waals surface area contributed by atoms with Gasteiger partial charge in [-0.15, -0.1) is 0 Å². The highest BCUT2D eigenvalue weighted by Gasteiger charge is 2.19. The average Bonchev–Trinajstić information content (AvgIpc) is 2.41. The molecule has 0 saturated carbocycles. The number of hydrogen-bond donors (Lipinski definition) is 2. The lowest BCUT2D eigenvalue weighted by Gasteiger charge is -2.08. The van der Waals surface area contributed by atoms with E-state index in [2.05, 4.69) is 9.72 Å². The number of esters is 1. The molecule has 1 aromatic heterocycles. The third kappa shape index (κ3) is 1.67. The molecule has 0 fully saturated rings. The van der Waals surface area contributed by atoms with Crippen LogP contribution in [0.15, 0.2) is 23.0 Å². The molecule has 18 heavy (non-hydrogen) atoms. The molecule has 6 nitrogen and oxygen atoms in total. The number of hydrogen-bond acceptors (Lipinski definition) is 5. The molecule has 0 spiro atoms. The van der Waals surface area contributed by atoms with Gasteiger partial charge in [0.1, 0.15) is 5.75 Å². The third-order valence-corrected chi connectivity index (χ3v) is 2.59. The summed E-state index contributed by atoms with van der Waals surface area (Å²) in [6.45, 7) is 0. The minimum absolute atomic E-state index is 0.185. The number of aromatic nitrogens is 1. The summed E-state index contributed by atoms with van der Waals surface area (Å²) >= 11 is 0. The molecule has 0 atom stereocenters. The molecule has 0 aliphatic carbocycles. The first-order valence-corrected chi connectivity index (χ1v) is 5.10. The van der Waals surface area contributed by atoms with Gasteiger partial charge in [0, 0.05) is 5.39 Å². The van der Waals surface area contributed by atoms with Crippen molar-refractivity contribution in [1.29, 1.82) is 0 Å². The maximum atomic E-state index is 11.9. The zero-order valence-corrected chi connectivity index (χ0v) is 9.81. The van der Waals surface area contributed by atoms with Gasteiger partial charge in [0.15, 0.2) is 11.4 Å². The maximum absolute atomic E-state index is 11.9. The summed E-state index contributed by atoms with van der Waals surface area (Å²) in [6.07, 6.45) is 0. The van der Waals surface area contributed by atoms with Crippen LogP contribution >= 0.6 is 0 Å². The highest BCUT2D eigenvalue weighted by molar-refractivity contribution is 6.00. The molecule has 1 heterocycles. The standard InChI is InChI=1S/C12H11NO5/c1-17-7-5-3-4-6-8(7)11(15)13-9(10(6)14)12(16)18-2/h3-5,14H,1-2H3,(H,13,15). The van der Waals surface area contributed by atoms with E-state index in [1.54, 1.807) is 12.1 Å². The van der Waals surface area contributed by atoms with Gasteiger partial charge in [-0.05, 0) is 6.07 Å². The van der Waals surface area contributed by atoms with Crippen molar-refractivity contribution in [1.82, 2.24) is 4.98 Å². The Hall–Kier alpha value is -2.50. The average molecular weight is 249 g/mol. The molecule has 0 radical (unpaired) electrons. The lowest BCUT2D eigenvalue weighted by Crippen LogP contribution is -2.15. The van der Waals surface area contributed by atoms with E-state index in [9.17, 15) is 14.7 Å². The zero-order valence-electron chi connectivity index (χ0n) is 9.81. The van der Waals surface area contributed by atoms with E-state index in [0.29, 0.717) is 5.75 Å². The maximum Gasteiger partial charge on any atom is 0.358 e. The number of nitrogens with one attached hydrogen (secondary N) is 1. The molecule has 0 amide bonds. The number of rotatable bonds is 2. The van der Waals surface area contributed by atoms with Gasteiger partial charge in [0.05, 0.1) is 19.6 Å². The van der Waals surface area contributed by atoms with Crippen molar-refractivity contribution in [3.8, 4) is 11.5 Å². The first-order valence-electron chi connectivity index (χ1n) is 5.10. The fourth-order valence-corrected chi connectivity index (χ4v) is 1.75. The SMILES string of the molecule is COC(=O)c1[nH]c(=O)c2c(OC)cccc2c1O. The number of benzene rings is 1. The summed E-state index contributed by atoms with van der Waals surface area (Å²) in [7, 11) is 2.58. The van der Waals surface area contributed by atoms with E-state index in [1.807, 2.05) is 0 Å². The van der Waals surface area contributed by atoms with Crippen LogP contribution in [-0.2, 0) is 4.74 Å². The minimum atomic E-state index is -0.811. The fraction of sp³-hybridized carbons (Fsp3) is 0.167. The van der Waals surface area contributed by atoms with Gasteiger partial charge in [-0.2, -0.15) is 0 Å². The Balaban J connectivity index is 2.89. The lowest BCUT2D eigenvalue weighted by molar-refractivity contribution is 0.0590. The second kappa shape index (κ2) is 4.40. The highest BCUT2D eigenvalue weighted by Crippen LogP contribution is 2.30. The zero-order chi connectivity index (χ0) is 13.3. The molecule has 94 valence electrons. The van der Waals surface area contributed by atoms with Crippen LogP contribution in [0.25, 0.3) is 10.8 Å². The Morgan fingerprint density at radius 3 is 2.67 bits per heavy atom. The molecule has 0 aliphatic rings. The second-order valence-corrected chi connectivity index (χ2v) is 3.55. The summed E-state index contributed by atoms with van der Waals surface area (Å²) in [5.74, 6) is -0.829. The molecule has 0 aliphatic heterocycles. The van der Waals surface area contributed by atoms with E-state index in [0.717, 1.165) is 7.11 Å². The van der Waals surface area contributed by atoms with Gasteiger partial charge in [-0.3, -0.25) is 4.79 Å². The first-order chi connectivity index (χ1) is 8.60. The van der Waals surface area contributed by atoms with Crippen LogP contribution in [-0.4, -0.2) is 30.3 Å². The molecule has 2 rings (SSSR count). The van der Waals surface area contributed by atoms with Crippen LogP contribution in [0.5, 0.6) is 11.5 Å². The Morgan fingerprint density at radius 1 is 1.33 bits per heavy atom. The van der Waals surface area contributed by atoms with E-state index in [1.165, 1.54) is 13.2 Å². The van der Waals surface area contributed by atoms with Crippen LogP contribution < -0.4 is 10.3 Å². The van der Waals surface area contributed by atoms with Crippen LogP contribution in [0, 0.1) is 0 Å². The largest absolute Gasteiger partial charge is 0.505 e. The Morgan fingerprint density at radius 2 is 2.06 bits per heavy atom. The van der Waals surface area contributed by atoms with Gasteiger partial charge < -0.3 is 19.6 Å². The van der Waals surface area contributed by atoms with Crippen LogP contribution in [0.1, 0.15) is 10.5 Å². The Bertz CT molecular complexity index is 674. The number of fused-ring (bicyclic) bond motifs is 1. The summed E-state index contributed by atoms with van der Waals surface area (Å²) in [5, 5.41) is 10.4. The van der Waals surface area contributed by atoms with E-state index < -0.39 is 11.5 Å². The van der Waals surface area contributed by atoms with Crippen molar-refractivity contribution in [2.45, 2.75) is 0 Å². The number of aromatic amines is 1. The predicted octanol–water partition coefficient (Wildman–Crippen LogP) is 1.03. The molecule has 0 bridgehead atoms. The van der Waals surface area contributed by atoms with Gasteiger partial charge in [-0.25, -0.2) is 4.79 Å². The van der Waals surface area contributed by atoms with Gasteiger partial charge in [-0.1, -0.05) is 12.1 Å². The molecular formula is C12H11NO5. The van der Waals surface area contributed by atoms with Crippen molar-refractivity contribution in [2.75, 3.05) is 14.2 Å². The van der Waals surface area contributed by atoms with Crippen LogP contribution in [0.2, 0.25) is 0 Å². The number of pyridine rings is 1. The summed E-state index contributed by atoms with van der Waals surface area (Å²) in [5.41, 5.74) is -0.802. The normalized spacial score (nSPS) is 10.3. The second-order valence-electron chi connectivity index (χ2n) is 3.55. The van der Waals surface area contributed by atoms with Crippen molar-refractivity contribution in [2.24, 2.45) is 0 Å². The summed E-state index contributed by atoms with van der Waals surface area (Å²) in [4.78, 5) is 25.6. The van der Waals surface area contributed by atoms with Crippen molar-refractivity contribution in [3.63, 3.8) is 0 Å². The van der Waals surface area contributed by atoms with Crippen molar-refractivity contribution in [3.05, 3.63) is 34.2 Å². The number of aromatic hydroxyl groups is 1. The van der Waals surface area contributed by atoms with Gasteiger partial charge in [0.2, 0.25) is 0 Å². The quantitative estimate of drug-likeness (QED) is 0.776. The molecule has 0 saturated heterocycles. The monoisotopic (exact) mass is 249 g/mol. The molecule has 2 aromatic rings. The molecule has 2 N–H and O–H groups in total. The number of carbonyl (C=O) groups is 1. The Labute approximate surface area is 102 Å². The number of H-pyrrole nitrogens is 1. The fourth-order valence-electron chi connectivity index (χ4n) is 1.75. The van der Waals surface area contributed by atoms with Crippen LogP contribution in [0.4, 0.5) is 0 Å². The summed E-state index contributed by atoms with van der Waals surface area (Å²) < 4.78 is 9.52. The highest BCUT2D eigenvalue weighted by atomic mass is 16.5. The van der Waals surface area contributed by atoms with E-state index in [-0.39, 0.29) is 22.2 Å². The number of carbonyl (C=O) groups excluding carboxylic acids is 1. The molecular weight excluding hydrogens is 238 g/mol. The lowest BCUT2D eigenvalue weighted by atomic mass is 10.1. The third-order valence-electron chi connectivity index (χ3n) is 2.59. The smallest absolute Gasteiger partial charge is 0.358 e. The number of ether oxygens (including phenoxy) is 2. The molecule has 6 heteroatoms. The predicted molar refractivity (Wildman–Crippen MR) is 64.1 cm³/mol. The van der Waals surface area contributed by atoms with E-state index >= 15 is 0 Å². The Kier molecular flexibility index (Phi) is 2.93. The first kappa shape index (κ1) is 12.0. The molecule has 1 aromatic carbocycles. The van der Waals surface area contributed by atoms with Crippen molar-refractivity contribution >= 4 is 16.7 Å². The van der Waals surface area contributed by atoms with Gasteiger partial charge in [0.25, 0.3) is 5.56 Å².